The van der Waals surface area contributed by atoms with Crippen molar-refractivity contribution in [1.82, 2.24) is 0 Å². The summed E-state index contributed by atoms with van der Waals surface area (Å²) in [6, 6.07) is 4.83. The number of hydrogen-bond donors (Lipinski definition) is 1. The standard InChI is InChI=1S/C13H14F3NO2/c1-9-6-11(3-2-10(9)7-18)17-5-4-12(19,8-17)13(14,15)16/h2-3,6-7,19H,4-5,8H2,1H3. The van der Waals surface area contributed by atoms with E-state index in [1.807, 2.05) is 0 Å². The topological polar surface area (TPSA) is 40.5 Å². The molecule has 1 aliphatic rings. The van der Waals surface area contributed by atoms with Crippen LogP contribution in [0.1, 0.15) is 22.3 Å². The van der Waals surface area contributed by atoms with Crippen molar-refractivity contribution in [2.75, 3.05) is 18.0 Å². The van der Waals surface area contributed by atoms with E-state index in [4.69, 9.17) is 0 Å². The number of rotatable bonds is 2. The van der Waals surface area contributed by atoms with Crippen molar-refractivity contribution in [1.29, 1.82) is 0 Å². The van der Waals surface area contributed by atoms with Crippen LogP contribution in [0.3, 0.4) is 0 Å². The first-order valence-corrected chi connectivity index (χ1v) is 5.87. The summed E-state index contributed by atoms with van der Waals surface area (Å²) in [7, 11) is 0. The van der Waals surface area contributed by atoms with Gasteiger partial charge in [-0.15, -0.1) is 0 Å². The van der Waals surface area contributed by atoms with Gasteiger partial charge in [0.25, 0.3) is 0 Å². The van der Waals surface area contributed by atoms with Gasteiger partial charge in [-0.25, -0.2) is 0 Å². The lowest BCUT2D eigenvalue weighted by atomic mass is 10.0. The van der Waals surface area contributed by atoms with Crippen molar-refractivity contribution < 1.29 is 23.1 Å². The van der Waals surface area contributed by atoms with Gasteiger partial charge in [0.1, 0.15) is 6.29 Å². The molecule has 0 saturated carbocycles. The summed E-state index contributed by atoms with van der Waals surface area (Å²) in [5.74, 6) is 0. The van der Waals surface area contributed by atoms with Crippen LogP contribution in [0.4, 0.5) is 18.9 Å². The van der Waals surface area contributed by atoms with Crippen LogP contribution >= 0.6 is 0 Å². The Balaban J connectivity index is 2.22. The first kappa shape index (κ1) is 13.9. The van der Waals surface area contributed by atoms with Crippen LogP contribution in [-0.4, -0.2) is 36.3 Å². The molecule has 0 bridgehead atoms. The van der Waals surface area contributed by atoms with Gasteiger partial charge in [0.05, 0.1) is 6.54 Å². The van der Waals surface area contributed by atoms with Gasteiger partial charge in [-0.1, -0.05) is 0 Å². The lowest BCUT2D eigenvalue weighted by Crippen LogP contribution is -2.47. The molecule has 1 heterocycles. The molecule has 1 atom stereocenters. The van der Waals surface area contributed by atoms with Gasteiger partial charge in [-0.05, 0) is 30.7 Å². The molecule has 1 aromatic rings. The summed E-state index contributed by atoms with van der Waals surface area (Å²) >= 11 is 0. The second kappa shape index (κ2) is 4.52. The van der Waals surface area contributed by atoms with E-state index in [1.54, 1.807) is 25.1 Å². The van der Waals surface area contributed by atoms with Gasteiger partial charge in [0, 0.05) is 24.2 Å². The van der Waals surface area contributed by atoms with Gasteiger partial charge < -0.3 is 10.0 Å². The fraction of sp³-hybridized carbons (Fsp3) is 0.462. The normalized spacial score (nSPS) is 23.7. The number of alkyl halides is 3. The molecule has 19 heavy (non-hydrogen) atoms. The Morgan fingerprint density at radius 2 is 2.11 bits per heavy atom. The van der Waals surface area contributed by atoms with Gasteiger partial charge >= 0.3 is 6.18 Å². The average molecular weight is 273 g/mol. The van der Waals surface area contributed by atoms with Crippen LogP contribution in [0.25, 0.3) is 0 Å². The summed E-state index contributed by atoms with van der Waals surface area (Å²) < 4.78 is 38.1. The molecular weight excluding hydrogens is 259 g/mol. The number of aldehydes is 1. The van der Waals surface area contributed by atoms with E-state index in [1.165, 1.54) is 4.90 Å². The zero-order valence-corrected chi connectivity index (χ0v) is 10.4. The van der Waals surface area contributed by atoms with Crippen LogP contribution in [0, 0.1) is 6.92 Å². The minimum absolute atomic E-state index is 0.135. The highest BCUT2D eigenvalue weighted by Crippen LogP contribution is 2.39. The fourth-order valence-corrected chi connectivity index (χ4v) is 2.23. The van der Waals surface area contributed by atoms with Crippen LogP contribution < -0.4 is 4.90 Å². The van der Waals surface area contributed by atoms with Crippen molar-refractivity contribution >= 4 is 12.0 Å². The smallest absolute Gasteiger partial charge is 0.379 e. The Labute approximate surface area is 108 Å². The molecule has 1 N–H and O–H groups in total. The molecule has 0 aliphatic carbocycles. The Morgan fingerprint density at radius 1 is 1.42 bits per heavy atom. The first-order valence-electron chi connectivity index (χ1n) is 5.87. The largest absolute Gasteiger partial charge is 0.418 e. The van der Waals surface area contributed by atoms with Gasteiger partial charge in [0.2, 0.25) is 0 Å². The molecule has 0 aromatic heterocycles. The number of aryl methyl sites for hydroxylation is 1. The summed E-state index contributed by atoms with van der Waals surface area (Å²) in [6.45, 7) is 1.38. The minimum Gasteiger partial charge on any atom is -0.379 e. The van der Waals surface area contributed by atoms with E-state index < -0.39 is 18.3 Å². The Bertz CT molecular complexity index is 501. The molecule has 1 saturated heterocycles. The highest BCUT2D eigenvalue weighted by atomic mass is 19.4. The van der Waals surface area contributed by atoms with Crippen molar-refractivity contribution in [2.45, 2.75) is 25.1 Å². The maximum absolute atomic E-state index is 12.7. The molecule has 1 fully saturated rings. The van der Waals surface area contributed by atoms with Gasteiger partial charge in [-0.3, -0.25) is 4.79 Å². The van der Waals surface area contributed by atoms with Crippen molar-refractivity contribution in [3.8, 4) is 0 Å². The van der Waals surface area contributed by atoms with Gasteiger partial charge in [0.15, 0.2) is 5.60 Å². The fourth-order valence-electron chi connectivity index (χ4n) is 2.23. The number of carbonyl (C=O) groups excluding carboxylic acids is 1. The monoisotopic (exact) mass is 273 g/mol. The third-order valence-electron chi connectivity index (χ3n) is 3.52. The molecule has 2 rings (SSSR count). The predicted molar refractivity (Wildman–Crippen MR) is 64.4 cm³/mol. The molecule has 0 radical (unpaired) electrons. The number of benzene rings is 1. The lowest BCUT2D eigenvalue weighted by molar-refractivity contribution is -0.250. The Morgan fingerprint density at radius 3 is 2.58 bits per heavy atom. The average Bonchev–Trinajstić information content (AvgIpc) is 2.72. The molecule has 6 heteroatoms. The number of aliphatic hydroxyl groups is 1. The summed E-state index contributed by atoms with van der Waals surface area (Å²) in [5.41, 5.74) is -0.850. The third-order valence-corrected chi connectivity index (χ3v) is 3.52. The molecule has 1 unspecified atom stereocenters. The van der Waals surface area contributed by atoms with Crippen LogP contribution in [0.2, 0.25) is 0 Å². The van der Waals surface area contributed by atoms with Crippen LogP contribution in [-0.2, 0) is 0 Å². The van der Waals surface area contributed by atoms with E-state index in [0.29, 0.717) is 23.1 Å². The summed E-state index contributed by atoms with van der Waals surface area (Å²) in [5, 5.41) is 9.61. The third kappa shape index (κ3) is 2.45. The number of halogens is 3. The molecule has 0 amide bonds. The van der Waals surface area contributed by atoms with E-state index in [2.05, 4.69) is 0 Å². The summed E-state index contributed by atoms with van der Waals surface area (Å²) in [6.07, 6.45) is -4.26. The maximum atomic E-state index is 12.7. The number of carbonyl (C=O) groups is 1. The molecule has 1 aliphatic heterocycles. The zero-order chi connectivity index (χ0) is 14.3. The molecular formula is C13H14F3NO2. The Hall–Kier alpha value is -1.56. The van der Waals surface area contributed by atoms with Crippen molar-refractivity contribution in [3.05, 3.63) is 29.3 Å². The maximum Gasteiger partial charge on any atom is 0.418 e. The minimum atomic E-state index is -4.63. The molecule has 3 nitrogen and oxygen atoms in total. The number of β-amino-alcohol motifs (C(OH)–C–C–N with tert-alkyl or cyclic N) is 1. The van der Waals surface area contributed by atoms with Crippen molar-refractivity contribution in [2.24, 2.45) is 0 Å². The summed E-state index contributed by atoms with van der Waals surface area (Å²) in [4.78, 5) is 12.2. The highest BCUT2D eigenvalue weighted by Gasteiger charge is 2.57. The predicted octanol–water partition coefficient (Wildman–Crippen LogP) is 2.31. The van der Waals surface area contributed by atoms with Crippen molar-refractivity contribution in [3.63, 3.8) is 0 Å². The second-order valence-corrected chi connectivity index (χ2v) is 4.86. The van der Waals surface area contributed by atoms with Crippen LogP contribution in [0.5, 0.6) is 0 Å². The molecule has 0 spiro atoms. The van der Waals surface area contributed by atoms with E-state index in [9.17, 15) is 23.1 Å². The Kier molecular flexibility index (Phi) is 3.30. The second-order valence-electron chi connectivity index (χ2n) is 4.86. The van der Waals surface area contributed by atoms with Gasteiger partial charge in [-0.2, -0.15) is 13.2 Å². The highest BCUT2D eigenvalue weighted by molar-refractivity contribution is 5.78. The van der Waals surface area contributed by atoms with Crippen LogP contribution in [0.15, 0.2) is 18.2 Å². The number of nitrogens with zero attached hydrogens (tertiary/aromatic N) is 1. The van der Waals surface area contributed by atoms with E-state index >= 15 is 0 Å². The first-order chi connectivity index (χ1) is 8.77. The zero-order valence-electron chi connectivity index (χ0n) is 10.4. The number of anilines is 1. The molecule has 104 valence electrons. The molecule has 1 aromatic carbocycles. The van der Waals surface area contributed by atoms with E-state index in [-0.39, 0.29) is 13.0 Å². The lowest BCUT2D eigenvalue weighted by Gasteiger charge is -2.26. The number of hydrogen-bond acceptors (Lipinski definition) is 3. The quantitative estimate of drug-likeness (QED) is 0.841. The SMILES string of the molecule is Cc1cc(N2CCC(O)(C(F)(F)F)C2)ccc1C=O. The van der Waals surface area contributed by atoms with E-state index in [0.717, 1.165) is 0 Å².